The molecule has 2 N–H and O–H groups in total. The molecule has 8 nitrogen and oxygen atoms in total. The van der Waals surface area contributed by atoms with E-state index in [2.05, 4.69) is 20.2 Å². The number of furan rings is 1. The van der Waals surface area contributed by atoms with Gasteiger partial charge in [0.2, 0.25) is 5.95 Å². The summed E-state index contributed by atoms with van der Waals surface area (Å²) < 4.78 is 35.0. The van der Waals surface area contributed by atoms with Crippen LogP contribution in [0.4, 0.5) is 14.5 Å². The number of carbonyl (C=O) groups is 1. The van der Waals surface area contributed by atoms with Gasteiger partial charge in [-0.1, -0.05) is 12.1 Å². The smallest absolute Gasteiger partial charge is 0.292 e. The number of amides is 1. The number of fused-ring (bicyclic) bond motifs is 3. The molecule has 1 aliphatic rings. The van der Waals surface area contributed by atoms with Gasteiger partial charge in [-0.15, -0.1) is 0 Å². The number of nitrogens with one attached hydrogen (secondary N) is 2. The predicted molar refractivity (Wildman–Crippen MR) is 124 cm³/mol. The number of rotatable bonds is 5. The molecule has 1 saturated heterocycles. The minimum atomic E-state index is -0.688. The van der Waals surface area contributed by atoms with Crippen LogP contribution in [-0.2, 0) is 6.54 Å². The van der Waals surface area contributed by atoms with Crippen LogP contribution in [0.15, 0.2) is 45.8 Å². The molecule has 4 heterocycles. The van der Waals surface area contributed by atoms with Crippen molar-refractivity contribution in [2.45, 2.75) is 13.5 Å². The van der Waals surface area contributed by atoms with Gasteiger partial charge in [0.15, 0.2) is 11.4 Å². The monoisotopic (exact) mass is 467 g/mol. The van der Waals surface area contributed by atoms with E-state index in [1.54, 1.807) is 31.2 Å². The van der Waals surface area contributed by atoms with Crippen molar-refractivity contribution in [2.75, 3.05) is 37.6 Å². The van der Waals surface area contributed by atoms with Crippen molar-refractivity contribution in [3.8, 4) is 0 Å². The zero-order valence-corrected chi connectivity index (χ0v) is 18.5. The zero-order valence-electron chi connectivity index (χ0n) is 18.5. The number of carbonyl (C=O) groups excluding carboxylic acids is 1. The highest BCUT2D eigenvalue weighted by Gasteiger charge is 2.23. The molecule has 1 fully saturated rings. The molecule has 0 spiro atoms. The fourth-order valence-corrected chi connectivity index (χ4v) is 4.38. The van der Waals surface area contributed by atoms with Crippen LogP contribution in [0.1, 0.15) is 23.0 Å². The van der Waals surface area contributed by atoms with Crippen LogP contribution < -0.4 is 15.8 Å². The Labute approximate surface area is 193 Å². The number of halogens is 2. The van der Waals surface area contributed by atoms with Crippen LogP contribution in [-0.4, -0.2) is 53.5 Å². The lowest BCUT2D eigenvalue weighted by Crippen LogP contribution is -2.46. The number of pyridine rings is 2. The van der Waals surface area contributed by atoms with Crippen molar-refractivity contribution < 1.29 is 18.0 Å². The summed E-state index contributed by atoms with van der Waals surface area (Å²) >= 11 is 0. The normalized spacial score (nSPS) is 14.7. The zero-order chi connectivity index (χ0) is 23.8. The number of nitrogens with zero attached hydrogens (tertiary/aromatic N) is 3. The van der Waals surface area contributed by atoms with E-state index in [0.29, 0.717) is 61.3 Å². The first kappa shape index (κ1) is 22.0. The maximum atomic E-state index is 15.3. The topological polar surface area (TPSA) is 94.5 Å². The molecule has 0 atom stereocenters. The highest BCUT2D eigenvalue weighted by Crippen LogP contribution is 2.27. The van der Waals surface area contributed by atoms with Gasteiger partial charge in [0, 0.05) is 55.6 Å². The summed E-state index contributed by atoms with van der Waals surface area (Å²) in [7, 11) is 0. The second-order valence-corrected chi connectivity index (χ2v) is 8.21. The molecule has 5 rings (SSSR count). The molecule has 1 aromatic carbocycles. The lowest BCUT2D eigenvalue weighted by molar-refractivity contribution is 0.0949. The van der Waals surface area contributed by atoms with Gasteiger partial charge in [-0.2, -0.15) is 4.39 Å². The number of hydrogen-bond acceptors (Lipinski definition) is 6. The molecule has 34 heavy (non-hydrogen) atoms. The summed E-state index contributed by atoms with van der Waals surface area (Å²) in [6.45, 7) is 4.81. The molecule has 4 aromatic rings. The lowest BCUT2D eigenvalue weighted by atomic mass is 10.1. The Morgan fingerprint density at radius 3 is 2.65 bits per heavy atom. The predicted octanol–water partition coefficient (Wildman–Crippen LogP) is 3.02. The summed E-state index contributed by atoms with van der Waals surface area (Å²) in [4.78, 5) is 34.4. The molecule has 0 bridgehead atoms. The van der Waals surface area contributed by atoms with Gasteiger partial charge >= 0.3 is 0 Å². The van der Waals surface area contributed by atoms with Gasteiger partial charge < -0.3 is 19.6 Å². The van der Waals surface area contributed by atoms with Crippen molar-refractivity contribution >= 4 is 33.5 Å². The molecular weight excluding hydrogens is 444 g/mol. The number of piperazine rings is 1. The molecule has 0 unspecified atom stereocenters. The number of anilines is 1. The van der Waals surface area contributed by atoms with E-state index in [1.165, 1.54) is 12.3 Å². The fraction of sp³-hybridized carbons (Fsp3) is 0.292. The summed E-state index contributed by atoms with van der Waals surface area (Å²) in [5, 5.41) is 3.77. The number of aromatic nitrogens is 2. The molecule has 0 aliphatic carbocycles. The summed E-state index contributed by atoms with van der Waals surface area (Å²) in [5.74, 6) is -1.56. The number of H-pyrrole nitrogens is 1. The van der Waals surface area contributed by atoms with E-state index in [4.69, 9.17) is 4.42 Å². The first-order valence-electron chi connectivity index (χ1n) is 11.1. The standard InChI is InChI=1S/C24H23F2N5O3/c1-2-27-23(32)17-5-6-18(22(26)28-17)31-10-8-30(9-11-31)13-14-3-4-15-16-7-12-34-21(16)24(33)29-20(15)19(14)25/h3-7,12H,2,8-11,13H2,1H3,(H,27,32)(H,29,33). The van der Waals surface area contributed by atoms with Crippen LogP contribution in [0.25, 0.3) is 21.9 Å². The Morgan fingerprint density at radius 1 is 1.12 bits per heavy atom. The minimum absolute atomic E-state index is 0.0410. The molecule has 10 heteroatoms. The number of hydrogen-bond donors (Lipinski definition) is 2. The second-order valence-electron chi connectivity index (χ2n) is 8.21. The van der Waals surface area contributed by atoms with Gasteiger partial charge in [-0.25, -0.2) is 9.37 Å². The van der Waals surface area contributed by atoms with E-state index in [-0.39, 0.29) is 16.8 Å². The van der Waals surface area contributed by atoms with Crippen LogP contribution in [0.5, 0.6) is 0 Å². The van der Waals surface area contributed by atoms with E-state index in [9.17, 15) is 14.0 Å². The maximum absolute atomic E-state index is 15.3. The Morgan fingerprint density at radius 2 is 1.91 bits per heavy atom. The largest absolute Gasteiger partial charge is 0.459 e. The van der Waals surface area contributed by atoms with Crippen molar-refractivity contribution in [1.29, 1.82) is 0 Å². The second kappa shape index (κ2) is 8.86. The number of aromatic amines is 1. The van der Waals surface area contributed by atoms with Gasteiger partial charge in [0.05, 0.1) is 17.5 Å². The lowest BCUT2D eigenvalue weighted by Gasteiger charge is -2.36. The van der Waals surface area contributed by atoms with Gasteiger partial charge in [0.1, 0.15) is 5.69 Å². The molecule has 1 amide bonds. The van der Waals surface area contributed by atoms with Crippen molar-refractivity contribution in [3.63, 3.8) is 0 Å². The van der Waals surface area contributed by atoms with Crippen molar-refractivity contribution in [1.82, 2.24) is 20.2 Å². The highest BCUT2D eigenvalue weighted by atomic mass is 19.1. The Hall–Kier alpha value is -3.79. The highest BCUT2D eigenvalue weighted by molar-refractivity contribution is 6.03. The van der Waals surface area contributed by atoms with Crippen molar-refractivity contribution in [3.05, 3.63) is 70.0 Å². The first-order chi connectivity index (χ1) is 16.5. The van der Waals surface area contributed by atoms with E-state index in [0.717, 1.165) is 0 Å². The molecule has 176 valence electrons. The minimum Gasteiger partial charge on any atom is -0.459 e. The average Bonchev–Trinajstić information content (AvgIpc) is 3.33. The fourth-order valence-electron chi connectivity index (χ4n) is 4.38. The van der Waals surface area contributed by atoms with Crippen LogP contribution >= 0.6 is 0 Å². The van der Waals surface area contributed by atoms with Crippen LogP contribution in [0, 0.1) is 11.8 Å². The van der Waals surface area contributed by atoms with E-state index in [1.807, 2.05) is 4.90 Å². The van der Waals surface area contributed by atoms with Gasteiger partial charge in [-0.3, -0.25) is 14.5 Å². The molecule has 1 aliphatic heterocycles. The summed E-state index contributed by atoms with van der Waals surface area (Å²) in [5.41, 5.74) is 0.724. The van der Waals surface area contributed by atoms with Gasteiger partial charge in [-0.05, 0) is 25.1 Å². The quantitative estimate of drug-likeness (QED) is 0.438. The SMILES string of the molecule is CCNC(=O)c1ccc(N2CCN(Cc3ccc4c([nH]c(=O)c5occc54)c3F)CC2)c(F)n1. The third kappa shape index (κ3) is 3.90. The van der Waals surface area contributed by atoms with Crippen molar-refractivity contribution in [2.24, 2.45) is 0 Å². The van der Waals surface area contributed by atoms with E-state index >= 15 is 4.39 Å². The first-order valence-corrected chi connectivity index (χ1v) is 11.1. The van der Waals surface area contributed by atoms with E-state index < -0.39 is 23.2 Å². The summed E-state index contributed by atoms with van der Waals surface area (Å²) in [6, 6.07) is 8.24. The third-order valence-corrected chi connectivity index (χ3v) is 6.13. The Bertz CT molecular complexity index is 1440. The molecule has 0 radical (unpaired) electrons. The van der Waals surface area contributed by atoms with Gasteiger partial charge in [0.25, 0.3) is 11.5 Å². The maximum Gasteiger partial charge on any atom is 0.292 e. The number of benzene rings is 1. The van der Waals surface area contributed by atoms with Crippen LogP contribution in [0.2, 0.25) is 0 Å². The average molecular weight is 467 g/mol. The Balaban J connectivity index is 1.29. The van der Waals surface area contributed by atoms with Crippen LogP contribution in [0.3, 0.4) is 0 Å². The molecule has 0 saturated carbocycles. The molecule has 3 aromatic heterocycles. The third-order valence-electron chi connectivity index (χ3n) is 6.13. The molecular formula is C24H23F2N5O3. The Kier molecular flexibility index (Phi) is 5.74. The summed E-state index contributed by atoms with van der Waals surface area (Å²) in [6.07, 6.45) is 1.41.